The van der Waals surface area contributed by atoms with Gasteiger partial charge in [-0.2, -0.15) is 0 Å². The lowest BCUT2D eigenvalue weighted by molar-refractivity contribution is -0.157. The van der Waals surface area contributed by atoms with Gasteiger partial charge in [0.15, 0.2) is 0 Å². The minimum atomic E-state index is -0.153. The number of amides is 1. The minimum absolute atomic E-state index is 0.0465. The molecule has 0 spiro atoms. The molecule has 1 unspecified atom stereocenters. The third-order valence-electron chi connectivity index (χ3n) is 4.61. The van der Waals surface area contributed by atoms with Gasteiger partial charge in [-0.15, -0.1) is 11.3 Å². The molecule has 0 radical (unpaired) electrons. The van der Waals surface area contributed by atoms with Crippen LogP contribution in [-0.4, -0.2) is 36.0 Å². The fraction of sp³-hybridized carbons (Fsp3) is 0.647. The van der Waals surface area contributed by atoms with Crippen LogP contribution in [0.4, 0.5) is 0 Å². The van der Waals surface area contributed by atoms with E-state index in [1.807, 2.05) is 22.4 Å². The van der Waals surface area contributed by atoms with Crippen molar-refractivity contribution in [2.24, 2.45) is 5.92 Å². The van der Waals surface area contributed by atoms with E-state index in [-0.39, 0.29) is 23.9 Å². The van der Waals surface area contributed by atoms with Crippen LogP contribution < -0.4 is 0 Å². The third kappa shape index (κ3) is 3.69. The number of rotatable bonds is 3. The first-order chi connectivity index (χ1) is 10.7. The van der Waals surface area contributed by atoms with Crippen LogP contribution in [0.15, 0.2) is 17.5 Å². The Balaban J connectivity index is 1.55. The first-order valence-corrected chi connectivity index (χ1v) is 9.15. The Morgan fingerprint density at radius 1 is 1.14 bits per heavy atom. The van der Waals surface area contributed by atoms with Gasteiger partial charge in [-0.25, -0.2) is 0 Å². The van der Waals surface area contributed by atoms with Gasteiger partial charge >= 0.3 is 5.97 Å². The molecule has 1 aromatic rings. The largest absolute Gasteiger partial charge is 0.462 e. The molecule has 2 aliphatic rings. The summed E-state index contributed by atoms with van der Waals surface area (Å²) in [5, 5.41) is 1.91. The van der Waals surface area contributed by atoms with Crippen LogP contribution in [-0.2, 0) is 9.53 Å². The van der Waals surface area contributed by atoms with E-state index in [0.717, 1.165) is 49.9 Å². The summed E-state index contributed by atoms with van der Waals surface area (Å²) in [5.41, 5.74) is 0. The van der Waals surface area contributed by atoms with Crippen LogP contribution in [0.25, 0.3) is 0 Å². The zero-order valence-electron chi connectivity index (χ0n) is 12.8. The van der Waals surface area contributed by atoms with Gasteiger partial charge in [0, 0.05) is 13.1 Å². The second-order valence-corrected chi connectivity index (χ2v) is 7.21. The summed E-state index contributed by atoms with van der Waals surface area (Å²) in [6, 6.07) is 3.73. The summed E-state index contributed by atoms with van der Waals surface area (Å²) in [7, 11) is 0. The van der Waals surface area contributed by atoms with Crippen molar-refractivity contribution in [2.45, 2.75) is 51.0 Å². The third-order valence-corrected chi connectivity index (χ3v) is 5.47. The van der Waals surface area contributed by atoms with Crippen LogP contribution in [0.5, 0.6) is 0 Å². The van der Waals surface area contributed by atoms with Crippen molar-refractivity contribution in [3.05, 3.63) is 22.4 Å². The molecule has 1 aliphatic carbocycles. The molecule has 3 rings (SSSR count). The number of nitrogens with zero attached hydrogens (tertiary/aromatic N) is 1. The zero-order valence-corrected chi connectivity index (χ0v) is 13.6. The van der Waals surface area contributed by atoms with Gasteiger partial charge in [0.1, 0.15) is 6.10 Å². The predicted molar refractivity (Wildman–Crippen MR) is 85.9 cm³/mol. The Kier molecular flexibility index (Phi) is 5.13. The zero-order chi connectivity index (χ0) is 15.4. The van der Waals surface area contributed by atoms with Crippen LogP contribution in [0, 0.1) is 5.92 Å². The van der Waals surface area contributed by atoms with Crippen molar-refractivity contribution in [3.63, 3.8) is 0 Å². The molecule has 1 saturated carbocycles. The summed E-state index contributed by atoms with van der Waals surface area (Å²) < 4.78 is 5.68. The molecule has 1 amide bonds. The molecule has 1 saturated heterocycles. The number of carbonyl (C=O) groups is 2. The number of ether oxygens (including phenoxy) is 1. The van der Waals surface area contributed by atoms with Crippen molar-refractivity contribution in [3.8, 4) is 0 Å². The molecule has 0 N–H and O–H groups in total. The maximum atomic E-state index is 12.4. The average molecular weight is 321 g/mol. The molecule has 0 bridgehead atoms. The average Bonchev–Trinajstić information content (AvgIpc) is 3.09. The number of esters is 1. The van der Waals surface area contributed by atoms with E-state index >= 15 is 0 Å². The Bertz CT molecular complexity index is 508. The summed E-state index contributed by atoms with van der Waals surface area (Å²) >= 11 is 1.46. The lowest BCUT2D eigenvalue weighted by Gasteiger charge is -2.32. The van der Waals surface area contributed by atoms with Crippen molar-refractivity contribution in [1.29, 1.82) is 0 Å². The minimum Gasteiger partial charge on any atom is -0.462 e. The Morgan fingerprint density at radius 3 is 2.68 bits per heavy atom. The van der Waals surface area contributed by atoms with E-state index in [1.165, 1.54) is 17.8 Å². The number of piperidine rings is 1. The van der Waals surface area contributed by atoms with Crippen LogP contribution in [0.2, 0.25) is 0 Å². The number of hydrogen-bond acceptors (Lipinski definition) is 4. The standard InChI is InChI=1S/C17H23NO3S/c19-16(15-9-5-11-22-15)18-10-4-6-13(12-18)17(20)21-14-7-2-1-3-8-14/h5,9,11,13-14H,1-4,6-8,10,12H2. The molecule has 1 aliphatic heterocycles. The topological polar surface area (TPSA) is 46.6 Å². The highest BCUT2D eigenvalue weighted by Gasteiger charge is 2.31. The summed E-state index contributed by atoms with van der Waals surface area (Å²) in [6.07, 6.45) is 7.37. The Labute approximate surface area is 135 Å². The number of thiophene rings is 1. The molecule has 1 aromatic heterocycles. The molecule has 120 valence electrons. The monoisotopic (exact) mass is 321 g/mol. The molecule has 2 fully saturated rings. The predicted octanol–water partition coefficient (Wildman–Crippen LogP) is 3.48. The molecule has 5 heteroatoms. The maximum Gasteiger partial charge on any atom is 0.311 e. The van der Waals surface area contributed by atoms with Gasteiger partial charge in [-0.1, -0.05) is 12.5 Å². The summed E-state index contributed by atoms with van der Waals surface area (Å²) in [4.78, 5) is 27.3. The highest BCUT2D eigenvalue weighted by molar-refractivity contribution is 7.12. The summed E-state index contributed by atoms with van der Waals surface area (Å²) in [6.45, 7) is 1.24. The lowest BCUT2D eigenvalue weighted by atomic mass is 9.96. The fourth-order valence-electron chi connectivity index (χ4n) is 3.35. The van der Waals surface area contributed by atoms with Gasteiger partial charge in [-0.3, -0.25) is 9.59 Å². The second-order valence-electron chi connectivity index (χ2n) is 6.26. The van der Waals surface area contributed by atoms with E-state index in [4.69, 9.17) is 4.74 Å². The number of likely N-dealkylation sites (tertiary alicyclic amines) is 1. The first-order valence-electron chi connectivity index (χ1n) is 8.27. The van der Waals surface area contributed by atoms with Gasteiger partial charge in [0.05, 0.1) is 10.8 Å². The molecular weight excluding hydrogens is 298 g/mol. The molecule has 0 aromatic carbocycles. The van der Waals surface area contributed by atoms with Gasteiger partial charge < -0.3 is 9.64 Å². The maximum absolute atomic E-state index is 12.4. The van der Waals surface area contributed by atoms with E-state index in [9.17, 15) is 9.59 Å². The van der Waals surface area contributed by atoms with Crippen LogP contribution in [0.3, 0.4) is 0 Å². The van der Waals surface area contributed by atoms with Crippen molar-refractivity contribution < 1.29 is 14.3 Å². The molecular formula is C17H23NO3S. The van der Waals surface area contributed by atoms with Gasteiger partial charge in [0.2, 0.25) is 0 Å². The lowest BCUT2D eigenvalue weighted by Crippen LogP contribution is -2.43. The van der Waals surface area contributed by atoms with Crippen molar-refractivity contribution in [1.82, 2.24) is 4.90 Å². The van der Waals surface area contributed by atoms with E-state index in [1.54, 1.807) is 0 Å². The van der Waals surface area contributed by atoms with E-state index < -0.39 is 0 Å². The first kappa shape index (κ1) is 15.5. The SMILES string of the molecule is O=C(OC1CCCCC1)C1CCCN(C(=O)c2cccs2)C1. The second kappa shape index (κ2) is 7.27. The molecule has 2 heterocycles. The normalized spacial score (nSPS) is 23.3. The summed E-state index contributed by atoms with van der Waals surface area (Å²) in [5.74, 6) is -0.208. The highest BCUT2D eigenvalue weighted by Crippen LogP contribution is 2.25. The van der Waals surface area contributed by atoms with E-state index in [0.29, 0.717) is 6.54 Å². The Hall–Kier alpha value is -1.36. The van der Waals surface area contributed by atoms with Crippen molar-refractivity contribution in [2.75, 3.05) is 13.1 Å². The smallest absolute Gasteiger partial charge is 0.311 e. The van der Waals surface area contributed by atoms with E-state index in [2.05, 4.69) is 0 Å². The number of hydrogen-bond donors (Lipinski definition) is 0. The Morgan fingerprint density at radius 2 is 1.95 bits per heavy atom. The fourth-order valence-corrected chi connectivity index (χ4v) is 4.04. The molecule has 1 atom stereocenters. The van der Waals surface area contributed by atoms with Crippen LogP contribution >= 0.6 is 11.3 Å². The van der Waals surface area contributed by atoms with Crippen molar-refractivity contribution >= 4 is 23.2 Å². The van der Waals surface area contributed by atoms with Gasteiger partial charge in [0.25, 0.3) is 5.91 Å². The van der Waals surface area contributed by atoms with Crippen LogP contribution in [0.1, 0.15) is 54.6 Å². The quantitative estimate of drug-likeness (QED) is 0.801. The molecule has 22 heavy (non-hydrogen) atoms. The number of carbonyl (C=O) groups excluding carboxylic acids is 2. The van der Waals surface area contributed by atoms with Gasteiger partial charge in [-0.05, 0) is 50.0 Å². The highest BCUT2D eigenvalue weighted by atomic mass is 32.1. The molecule has 4 nitrogen and oxygen atoms in total.